The van der Waals surface area contributed by atoms with Gasteiger partial charge in [-0.05, 0) is 31.8 Å². The number of hydrogen-bond acceptors (Lipinski definition) is 1. The molecule has 1 aliphatic heterocycles. The highest BCUT2D eigenvalue weighted by Gasteiger charge is 2.12. The summed E-state index contributed by atoms with van der Waals surface area (Å²) in [6, 6.07) is 0. The van der Waals surface area contributed by atoms with Crippen molar-refractivity contribution in [2.75, 3.05) is 19.6 Å². The van der Waals surface area contributed by atoms with Crippen molar-refractivity contribution < 1.29 is 0 Å². The molecule has 0 bridgehead atoms. The van der Waals surface area contributed by atoms with Gasteiger partial charge in [-0.1, -0.05) is 20.3 Å². The Kier molecular flexibility index (Phi) is 3.20. The smallest absolute Gasteiger partial charge is 0.000692 e. The first-order valence-corrected chi connectivity index (χ1v) is 4.55. The molecule has 0 aromatic heterocycles. The molecule has 0 N–H and O–H groups in total. The maximum atomic E-state index is 2.59. The van der Waals surface area contributed by atoms with E-state index in [1.165, 1.54) is 38.9 Å². The van der Waals surface area contributed by atoms with Crippen LogP contribution in [0.4, 0.5) is 0 Å². The van der Waals surface area contributed by atoms with Crippen LogP contribution in [0.5, 0.6) is 0 Å². The second-order valence-electron chi connectivity index (χ2n) is 3.52. The fourth-order valence-corrected chi connectivity index (χ4v) is 1.54. The quantitative estimate of drug-likeness (QED) is 0.582. The first-order valence-electron chi connectivity index (χ1n) is 4.55. The average molecular weight is 141 g/mol. The molecular formula is C9H19N. The van der Waals surface area contributed by atoms with Crippen molar-refractivity contribution in [2.45, 2.75) is 33.1 Å². The van der Waals surface area contributed by atoms with E-state index in [0.717, 1.165) is 5.92 Å². The summed E-state index contributed by atoms with van der Waals surface area (Å²) >= 11 is 0. The van der Waals surface area contributed by atoms with Crippen molar-refractivity contribution in [1.29, 1.82) is 0 Å². The normalized spacial score (nSPS) is 23.4. The summed E-state index contributed by atoms with van der Waals surface area (Å²) in [6.45, 7) is 8.66. The van der Waals surface area contributed by atoms with Gasteiger partial charge in [0.15, 0.2) is 0 Å². The molecule has 0 unspecified atom stereocenters. The van der Waals surface area contributed by atoms with E-state index < -0.39 is 0 Å². The molecule has 0 aromatic rings. The van der Waals surface area contributed by atoms with Gasteiger partial charge in [0, 0.05) is 6.54 Å². The molecule has 1 heterocycles. The second-order valence-corrected chi connectivity index (χ2v) is 3.52. The van der Waals surface area contributed by atoms with Crippen molar-refractivity contribution >= 4 is 0 Å². The Balaban J connectivity index is 2.11. The Bertz CT molecular complexity index is 84.7. The van der Waals surface area contributed by atoms with Crippen LogP contribution in [0.15, 0.2) is 0 Å². The van der Waals surface area contributed by atoms with E-state index in [2.05, 4.69) is 18.7 Å². The minimum atomic E-state index is 0.901. The third kappa shape index (κ3) is 2.30. The Hall–Kier alpha value is -0.0400. The lowest BCUT2D eigenvalue weighted by Gasteiger charge is -2.18. The van der Waals surface area contributed by atoms with E-state index in [1.807, 2.05) is 0 Å². The largest absolute Gasteiger partial charge is 0.303 e. The van der Waals surface area contributed by atoms with E-state index in [4.69, 9.17) is 0 Å². The van der Waals surface area contributed by atoms with Crippen molar-refractivity contribution in [3.8, 4) is 0 Å². The molecule has 0 spiro atoms. The Labute approximate surface area is 64.4 Å². The molecule has 0 amide bonds. The molecule has 0 radical (unpaired) electrons. The SMILES string of the molecule is CC[C@H](C)CN1CCCC1. The Morgan fingerprint density at radius 3 is 2.40 bits per heavy atom. The molecule has 1 rings (SSSR count). The van der Waals surface area contributed by atoms with Crippen LogP contribution in [-0.4, -0.2) is 24.5 Å². The number of rotatable bonds is 3. The summed E-state index contributed by atoms with van der Waals surface area (Å²) in [5.41, 5.74) is 0. The van der Waals surface area contributed by atoms with Gasteiger partial charge in [-0.3, -0.25) is 0 Å². The van der Waals surface area contributed by atoms with Crippen LogP contribution in [0, 0.1) is 5.92 Å². The van der Waals surface area contributed by atoms with Crippen LogP contribution >= 0.6 is 0 Å². The van der Waals surface area contributed by atoms with Gasteiger partial charge in [0.2, 0.25) is 0 Å². The summed E-state index contributed by atoms with van der Waals surface area (Å²) in [7, 11) is 0. The van der Waals surface area contributed by atoms with E-state index in [-0.39, 0.29) is 0 Å². The predicted molar refractivity (Wildman–Crippen MR) is 45.1 cm³/mol. The monoisotopic (exact) mass is 141 g/mol. The number of likely N-dealkylation sites (tertiary alicyclic amines) is 1. The number of nitrogens with zero attached hydrogens (tertiary/aromatic N) is 1. The Morgan fingerprint density at radius 1 is 1.30 bits per heavy atom. The lowest BCUT2D eigenvalue weighted by atomic mass is 10.1. The van der Waals surface area contributed by atoms with Crippen LogP contribution < -0.4 is 0 Å². The van der Waals surface area contributed by atoms with Gasteiger partial charge in [0.25, 0.3) is 0 Å². The lowest BCUT2D eigenvalue weighted by Crippen LogP contribution is -2.24. The van der Waals surface area contributed by atoms with E-state index in [1.54, 1.807) is 0 Å². The molecule has 1 nitrogen and oxygen atoms in total. The third-order valence-electron chi connectivity index (χ3n) is 2.47. The van der Waals surface area contributed by atoms with Crippen molar-refractivity contribution in [2.24, 2.45) is 5.92 Å². The maximum absolute atomic E-state index is 2.59. The summed E-state index contributed by atoms with van der Waals surface area (Å²) < 4.78 is 0. The number of hydrogen-bond donors (Lipinski definition) is 0. The minimum Gasteiger partial charge on any atom is -0.303 e. The molecule has 10 heavy (non-hydrogen) atoms. The maximum Gasteiger partial charge on any atom is 0.000692 e. The van der Waals surface area contributed by atoms with Crippen LogP contribution in [-0.2, 0) is 0 Å². The van der Waals surface area contributed by atoms with Gasteiger partial charge < -0.3 is 4.90 Å². The van der Waals surface area contributed by atoms with Crippen molar-refractivity contribution in [3.63, 3.8) is 0 Å². The first kappa shape index (κ1) is 8.06. The van der Waals surface area contributed by atoms with Gasteiger partial charge in [-0.25, -0.2) is 0 Å². The summed E-state index contributed by atoms with van der Waals surface area (Å²) in [6.07, 6.45) is 4.18. The molecule has 1 fully saturated rings. The summed E-state index contributed by atoms with van der Waals surface area (Å²) in [5, 5.41) is 0. The molecule has 60 valence electrons. The zero-order valence-corrected chi connectivity index (χ0v) is 7.27. The van der Waals surface area contributed by atoms with Gasteiger partial charge in [0.1, 0.15) is 0 Å². The Morgan fingerprint density at radius 2 is 1.90 bits per heavy atom. The van der Waals surface area contributed by atoms with Gasteiger partial charge in [-0.15, -0.1) is 0 Å². The zero-order chi connectivity index (χ0) is 7.40. The van der Waals surface area contributed by atoms with Crippen LogP contribution in [0.2, 0.25) is 0 Å². The molecule has 1 saturated heterocycles. The molecular weight excluding hydrogens is 122 g/mol. The van der Waals surface area contributed by atoms with E-state index in [0.29, 0.717) is 0 Å². The minimum absolute atomic E-state index is 0.901. The van der Waals surface area contributed by atoms with Gasteiger partial charge in [0.05, 0.1) is 0 Å². The molecule has 0 saturated carbocycles. The van der Waals surface area contributed by atoms with Gasteiger partial charge in [-0.2, -0.15) is 0 Å². The fraction of sp³-hybridized carbons (Fsp3) is 1.00. The summed E-state index contributed by atoms with van der Waals surface area (Å²) in [5.74, 6) is 0.901. The van der Waals surface area contributed by atoms with Gasteiger partial charge >= 0.3 is 0 Å². The van der Waals surface area contributed by atoms with Crippen molar-refractivity contribution in [3.05, 3.63) is 0 Å². The standard InChI is InChI=1S/C9H19N/c1-3-9(2)8-10-6-4-5-7-10/h9H,3-8H2,1-2H3/t9-/m0/s1. The molecule has 0 aliphatic carbocycles. The van der Waals surface area contributed by atoms with E-state index in [9.17, 15) is 0 Å². The van der Waals surface area contributed by atoms with E-state index >= 15 is 0 Å². The fourth-order valence-electron chi connectivity index (χ4n) is 1.54. The zero-order valence-electron chi connectivity index (χ0n) is 7.27. The highest BCUT2D eigenvalue weighted by atomic mass is 15.1. The van der Waals surface area contributed by atoms with Crippen LogP contribution in [0.25, 0.3) is 0 Å². The third-order valence-corrected chi connectivity index (χ3v) is 2.47. The summed E-state index contributed by atoms with van der Waals surface area (Å²) in [4.78, 5) is 2.59. The highest BCUT2D eigenvalue weighted by Crippen LogP contribution is 2.11. The molecule has 1 heteroatoms. The average Bonchev–Trinajstić information content (AvgIpc) is 2.40. The second kappa shape index (κ2) is 3.97. The molecule has 1 aliphatic rings. The highest BCUT2D eigenvalue weighted by molar-refractivity contribution is 4.67. The van der Waals surface area contributed by atoms with Crippen molar-refractivity contribution in [1.82, 2.24) is 4.90 Å². The predicted octanol–water partition coefficient (Wildman–Crippen LogP) is 2.13. The lowest BCUT2D eigenvalue weighted by molar-refractivity contribution is 0.284. The topological polar surface area (TPSA) is 3.24 Å². The molecule has 0 aromatic carbocycles. The molecule has 1 atom stereocenters. The van der Waals surface area contributed by atoms with Crippen LogP contribution in [0.3, 0.4) is 0 Å². The first-order chi connectivity index (χ1) is 4.83. The van der Waals surface area contributed by atoms with Crippen LogP contribution in [0.1, 0.15) is 33.1 Å².